The average molecular weight is 254 g/mol. The first-order valence-corrected chi connectivity index (χ1v) is 7.07. The Bertz CT molecular complexity index is 292. The number of rotatable bonds is 5. The van der Waals surface area contributed by atoms with E-state index in [0.29, 0.717) is 12.5 Å². The predicted octanol–water partition coefficient (Wildman–Crippen LogP) is 1.89. The Morgan fingerprint density at radius 1 is 1.39 bits per heavy atom. The minimum Gasteiger partial charge on any atom is -0.341 e. The van der Waals surface area contributed by atoms with Gasteiger partial charge in [-0.15, -0.1) is 0 Å². The topological polar surface area (TPSA) is 40.6 Å². The quantitative estimate of drug-likeness (QED) is 0.752. The summed E-state index contributed by atoms with van der Waals surface area (Å²) in [7, 11) is 0. The highest BCUT2D eigenvalue weighted by molar-refractivity contribution is 5.83. The molecule has 0 aromatic heterocycles. The molecule has 0 radical (unpaired) electrons. The predicted molar refractivity (Wildman–Crippen MR) is 72.1 cm³/mol. The summed E-state index contributed by atoms with van der Waals surface area (Å²) < 4.78 is 0. The van der Waals surface area contributed by atoms with E-state index < -0.39 is 0 Å². The lowest BCUT2D eigenvalue weighted by atomic mass is 10.0. The van der Waals surface area contributed by atoms with Crippen LogP contribution >= 0.6 is 0 Å². The van der Waals surface area contributed by atoms with Gasteiger partial charge in [-0.05, 0) is 25.2 Å². The average Bonchev–Trinajstić information content (AvgIpc) is 2.33. The molecular formula is C14H26N2O2. The fourth-order valence-electron chi connectivity index (χ4n) is 2.38. The third-order valence-corrected chi connectivity index (χ3v) is 3.56. The number of amides is 2. The fraction of sp³-hybridized carbons (Fsp3) is 0.857. The van der Waals surface area contributed by atoms with Crippen LogP contribution in [0.4, 0.5) is 0 Å². The molecule has 1 rings (SSSR count). The normalized spacial score (nSPS) is 19.7. The van der Waals surface area contributed by atoms with E-state index in [4.69, 9.17) is 0 Å². The van der Waals surface area contributed by atoms with E-state index in [1.165, 1.54) is 6.42 Å². The smallest absolute Gasteiger partial charge is 0.242 e. The van der Waals surface area contributed by atoms with Crippen molar-refractivity contribution in [1.29, 1.82) is 0 Å². The zero-order valence-electron chi connectivity index (χ0n) is 11.9. The second-order valence-electron chi connectivity index (χ2n) is 5.38. The second kappa shape index (κ2) is 7.39. The Morgan fingerprint density at radius 3 is 2.67 bits per heavy atom. The lowest BCUT2D eigenvalue weighted by Gasteiger charge is -2.32. The molecule has 0 aromatic rings. The second-order valence-corrected chi connectivity index (χ2v) is 5.38. The maximum Gasteiger partial charge on any atom is 0.242 e. The van der Waals surface area contributed by atoms with Gasteiger partial charge in [-0.2, -0.15) is 0 Å². The van der Waals surface area contributed by atoms with Gasteiger partial charge in [0.1, 0.15) is 0 Å². The van der Waals surface area contributed by atoms with Gasteiger partial charge in [0.05, 0.1) is 6.54 Å². The molecule has 1 fully saturated rings. The first-order valence-electron chi connectivity index (χ1n) is 7.07. The first kappa shape index (κ1) is 15.0. The largest absolute Gasteiger partial charge is 0.341 e. The van der Waals surface area contributed by atoms with Crippen LogP contribution < -0.4 is 0 Å². The van der Waals surface area contributed by atoms with Crippen LogP contribution in [0.3, 0.4) is 0 Å². The van der Waals surface area contributed by atoms with Crippen molar-refractivity contribution >= 4 is 11.8 Å². The van der Waals surface area contributed by atoms with Gasteiger partial charge in [-0.3, -0.25) is 9.59 Å². The molecular weight excluding hydrogens is 228 g/mol. The van der Waals surface area contributed by atoms with E-state index in [1.807, 2.05) is 4.90 Å². The van der Waals surface area contributed by atoms with Crippen molar-refractivity contribution in [3.8, 4) is 0 Å². The minimum atomic E-state index is 0.00172. The molecule has 4 heteroatoms. The van der Waals surface area contributed by atoms with Crippen molar-refractivity contribution in [2.45, 2.75) is 46.5 Å². The van der Waals surface area contributed by atoms with Gasteiger partial charge in [0, 0.05) is 26.6 Å². The molecule has 0 aromatic carbocycles. The molecule has 1 saturated heterocycles. The zero-order valence-corrected chi connectivity index (χ0v) is 11.9. The number of nitrogens with zero attached hydrogens (tertiary/aromatic N) is 2. The monoisotopic (exact) mass is 254 g/mol. The highest BCUT2D eigenvalue weighted by Gasteiger charge is 2.23. The van der Waals surface area contributed by atoms with Gasteiger partial charge in [-0.25, -0.2) is 0 Å². The summed E-state index contributed by atoms with van der Waals surface area (Å²) in [5.41, 5.74) is 0. The van der Waals surface area contributed by atoms with Gasteiger partial charge in [0.25, 0.3) is 0 Å². The summed E-state index contributed by atoms with van der Waals surface area (Å²) in [5.74, 6) is 0.693. The highest BCUT2D eigenvalue weighted by Crippen LogP contribution is 2.15. The highest BCUT2D eigenvalue weighted by atomic mass is 16.2. The third kappa shape index (κ3) is 4.67. The number of piperidine rings is 1. The SMILES string of the molecule is CCCCN(CC(=O)N1CCCC(C)C1)C(C)=O. The lowest BCUT2D eigenvalue weighted by molar-refractivity contribution is -0.140. The van der Waals surface area contributed by atoms with Crippen LogP contribution in [0.1, 0.15) is 46.5 Å². The maximum absolute atomic E-state index is 12.2. The van der Waals surface area contributed by atoms with Crippen LogP contribution in [0, 0.1) is 5.92 Å². The van der Waals surface area contributed by atoms with Crippen molar-refractivity contribution in [2.75, 3.05) is 26.2 Å². The van der Waals surface area contributed by atoms with Gasteiger partial charge in [-0.1, -0.05) is 20.3 Å². The molecule has 104 valence electrons. The van der Waals surface area contributed by atoms with Crippen LogP contribution in [0.5, 0.6) is 0 Å². The van der Waals surface area contributed by atoms with E-state index >= 15 is 0 Å². The summed E-state index contributed by atoms with van der Waals surface area (Å²) in [6.07, 6.45) is 4.29. The van der Waals surface area contributed by atoms with Crippen LogP contribution in [0.2, 0.25) is 0 Å². The lowest BCUT2D eigenvalue weighted by Crippen LogP contribution is -2.46. The molecule has 0 N–H and O–H groups in total. The summed E-state index contributed by atoms with van der Waals surface area (Å²) in [6, 6.07) is 0. The molecule has 1 aliphatic heterocycles. The van der Waals surface area contributed by atoms with Gasteiger partial charge in [0.2, 0.25) is 11.8 Å². The molecule has 1 unspecified atom stereocenters. The molecule has 0 bridgehead atoms. The number of likely N-dealkylation sites (tertiary alicyclic amines) is 1. The Labute approximate surface area is 110 Å². The third-order valence-electron chi connectivity index (χ3n) is 3.56. The van der Waals surface area contributed by atoms with Crippen molar-refractivity contribution in [3.63, 3.8) is 0 Å². The molecule has 0 aliphatic carbocycles. The molecule has 1 heterocycles. The van der Waals surface area contributed by atoms with E-state index in [9.17, 15) is 9.59 Å². The van der Waals surface area contributed by atoms with Crippen molar-refractivity contribution in [3.05, 3.63) is 0 Å². The molecule has 0 spiro atoms. The van der Waals surface area contributed by atoms with E-state index in [-0.39, 0.29) is 18.4 Å². The van der Waals surface area contributed by atoms with Crippen molar-refractivity contribution in [1.82, 2.24) is 9.80 Å². The zero-order chi connectivity index (χ0) is 13.5. The summed E-state index contributed by atoms with van der Waals surface area (Å²) >= 11 is 0. The molecule has 1 aliphatic rings. The standard InChI is InChI=1S/C14H26N2O2/c1-4-5-8-15(13(3)17)11-14(18)16-9-6-7-12(2)10-16/h12H,4-11H2,1-3H3. The molecule has 18 heavy (non-hydrogen) atoms. The van der Waals surface area contributed by atoms with Crippen molar-refractivity contribution < 1.29 is 9.59 Å². The number of unbranched alkanes of at least 4 members (excludes halogenated alkanes) is 1. The maximum atomic E-state index is 12.2. The van der Waals surface area contributed by atoms with Gasteiger partial charge in [0.15, 0.2) is 0 Å². The Balaban J connectivity index is 2.46. The summed E-state index contributed by atoms with van der Waals surface area (Å²) in [4.78, 5) is 27.2. The Kier molecular flexibility index (Phi) is 6.16. The summed E-state index contributed by atoms with van der Waals surface area (Å²) in [5, 5.41) is 0. The van der Waals surface area contributed by atoms with Gasteiger partial charge >= 0.3 is 0 Å². The van der Waals surface area contributed by atoms with Crippen LogP contribution in [-0.4, -0.2) is 47.8 Å². The van der Waals surface area contributed by atoms with E-state index in [1.54, 1.807) is 11.8 Å². The minimum absolute atomic E-state index is 0.00172. The van der Waals surface area contributed by atoms with Crippen LogP contribution in [0.25, 0.3) is 0 Å². The molecule has 0 saturated carbocycles. The summed E-state index contributed by atoms with van der Waals surface area (Å²) in [6.45, 7) is 8.46. The molecule has 1 atom stereocenters. The number of hydrogen-bond donors (Lipinski definition) is 0. The number of carbonyl (C=O) groups excluding carboxylic acids is 2. The number of hydrogen-bond acceptors (Lipinski definition) is 2. The van der Waals surface area contributed by atoms with E-state index in [2.05, 4.69) is 13.8 Å². The molecule has 2 amide bonds. The van der Waals surface area contributed by atoms with Crippen LogP contribution in [0.15, 0.2) is 0 Å². The Morgan fingerprint density at radius 2 is 2.11 bits per heavy atom. The van der Waals surface area contributed by atoms with E-state index in [0.717, 1.165) is 32.4 Å². The fourth-order valence-corrected chi connectivity index (χ4v) is 2.38. The van der Waals surface area contributed by atoms with Gasteiger partial charge < -0.3 is 9.80 Å². The molecule has 4 nitrogen and oxygen atoms in total. The Hall–Kier alpha value is -1.06. The number of carbonyl (C=O) groups is 2. The van der Waals surface area contributed by atoms with Crippen LogP contribution in [-0.2, 0) is 9.59 Å². The van der Waals surface area contributed by atoms with Crippen molar-refractivity contribution in [2.24, 2.45) is 5.92 Å². The first-order chi connectivity index (χ1) is 8.54.